The zero-order valence-corrected chi connectivity index (χ0v) is 14.7. The minimum Gasteiger partial charge on any atom is -0.355 e. The third-order valence-electron chi connectivity index (χ3n) is 6.82. The Bertz CT molecular complexity index is 596. The van der Waals surface area contributed by atoms with Crippen LogP contribution in [0.2, 0.25) is 0 Å². The molecule has 4 aliphatic rings. The summed E-state index contributed by atoms with van der Waals surface area (Å²) in [5.41, 5.74) is 3.60. The van der Waals surface area contributed by atoms with Gasteiger partial charge in [0.2, 0.25) is 5.91 Å². The summed E-state index contributed by atoms with van der Waals surface area (Å²) in [6, 6.07) is 0. The maximum Gasteiger partial charge on any atom is 0.224 e. The first-order valence-electron chi connectivity index (χ1n) is 9.20. The van der Waals surface area contributed by atoms with Crippen LogP contribution in [0.4, 0.5) is 0 Å². The molecule has 0 aliphatic heterocycles. The number of rotatable bonds is 4. The van der Waals surface area contributed by atoms with Gasteiger partial charge in [0, 0.05) is 24.8 Å². The number of hydrogen-bond donors (Lipinski definition) is 1. The molecule has 1 aromatic rings. The lowest BCUT2D eigenvalue weighted by Gasteiger charge is -2.56. The van der Waals surface area contributed by atoms with Gasteiger partial charge in [0.15, 0.2) is 0 Å². The molecule has 4 bridgehead atoms. The Balaban J connectivity index is 1.38. The lowest BCUT2D eigenvalue weighted by molar-refractivity contribution is -0.122. The minimum atomic E-state index is 0.167. The largest absolute Gasteiger partial charge is 0.355 e. The van der Waals surface area contributed by atoms with Crippen LogP contribution in [0.3, 0.4) is 0 Å². The molecular weight excluding hydrogens is 286 g/mol. The molecule has 4 heteroatoms. The summed E-state index contributed by atoms with van der Waals surface area (Å²) in [5.74, 6) is 3.00. The van der Waals surface area contributed by atoms with E-state index in [0.717, 1.165) is 41.2 Å². The minimum absolute atomic E-state index is 0.167. The van der Waals surface area contributed by atoms with Crippen LogP contribution in [0.1, 0.15) is 55.5 Å². The molecule has 0 aromatic carbocycles. The molecule has 1 N–H and O–H groups in total. The maximum atomic E-state index is 12.5. The van der Waals surface area contributed by atoms with Gasteiger partial charge in [0.05, 0.1) is 12.1 Å². The summed E-state index contributed by atoms with van der Waals surface area (Å²) < 4.78 is 1.87. The van der Waals surface area contributed by atoms with Gasteiger partial charge in [0.1, 0.15) is 0 Å². The number of amides is 1. The van der Waals surface area contributed by atoms with Crippen molar-refractivity contribution in [2.45, 2.75) is 58.8 Å². The Morgan fingerprint density at radius 2 is 1.74 bits per heavy atom. The lowest BCUT2D eigenvalue weighted by Crippen LogP contribution is -2.51. The van der Waals surface area contributed by atoms with Crippen molar-refractivity contribution in [3.05, 3.63) is 17.0 Å². The zero-order chi connectivity index (χ0) is 16.2. The van der Waals surface area contributed by atoms with Crippen molar-refractivity contribution < 1.29 is 4.79 Å². The maximum absolute atomic E-state index is 12.5. The van der Waals surface area contributed by atoms with E-state index in [1.54, 1.807) is 0 Å². The van der Waals surface area contributed by atoms with Crippen molar-refractivity contribution in [3.63, 3.8) is 0 Å². The van der Waals surface area contributed by atoms with Crippen molar-refractivity contribution in [2.75, 3.05) is 6.54 Å². The van der Waals surface area contributed by atoms with E-state index in [1.165, 1.54) is 38.5 Å². The van der Waals surface area contributed by atoms with Crippen molar-refractivity contribution in [3.8, 4) is 0 Å². The molecule has 4 aliphatic carbocycles. The molecule has 0 radical (unpaired) electrons. The summed E-state index contributed by atoms with van der Waals surface area (Å²) in [6.45, 7) is 4.93. The summed E-state index contributed by atoms with van der Waals surface area (Å²) >= 11 is 0. The Morgan fingerprint density at radius 3 is 2.22 bits per heavy atom. The number of nitrogens with zero attached hydrogens (tertiary/aromatic N) is 2. The van der Waals surface area contributed by atoms with E-state index >= 15 is 0 Å². The van der Waals surface area contributed by atoms with Crippen LogP contribution < -0.4 is 5.32 Å². The fraction of sp³-hybridized carbons (Fsp3) is 0.789. The van der Waals surface area contributed by atoms with Crippen molar-refractivity contribution >= 4 is 5.91 Å². The van der Waals surface area contributed by atoms with Gasteiger partial charge in [-0.05, 0) is 75.5 Å². The molecule has 126 valence electrons. The fourth-order valence-electron chi connectivity index (χ4n) is 6.09. The molecule has 0 saturated heterocycles. The van der Waals surface area contributed by atoms with Crippen LogP contribution in [-0.4, -0.2) is 22.2 Å². The molecule has 1 amide bonds. The van der Waals surface area contributed by atoms with Gasteiger partial charge in [-0.3, -0.25) is 9.48 Å². The third kappa shape index (κ3) is 2.70. The number of carbonyl (C=O) groups excluding carboxylic acids is 1. The van der Waals surface area contributed by atoms with E-state index in [4.69, 9.17) is 0 Å². The number of carbonyl (C=O) groups is 1. The molecule has 23 heavy (non-hydrogen) atoms. The van der Waals surface area contributed by atoms with E-state index in [9.17, 15) is 4.79 Å². The van der Waals surface area contributed by atoms with Gasteiger partial charge in [0.25, 0.3) is 0 Å². The number of aromatic nitrogens is 2. The first-order chi connectivity index (χ1) is 10.9. The highest BCUT2D eigenvalue weighted by atomic mass is 16.1. The van der Waals surface area contributed by atoms with Crippen molar-refractivity contribution in [1.82, 2.24) is 15.1 Å². The van der Waals surface area contributed by atoms with Gasteiger partial charge in [-0.1, -0.05) is 0 Å². The van der Waals surface area contributed by atoms with Crippen LogP contribution >= 0.6 is 0 Å². The van der Waals surface area contributed by atoms with Gasteiger partial charge in [-0.15, -0.1) is 0 Å². The fourth-order valence-corrected chi connectivity index (χ4v) is 6.09. The number of nitrogens with one attached hydrogen (secondary N) is 1. The molecular formula is C19H29N3O. The smallest absolute Gasteiger partial charge is 0.224 e. The molecule has 1 aromatic heterocycles. The highest BCUT2D eigenvalue weighted by Crippen LogP contribution is 2.59. The number of hydrogen-bond acceptors (Lipinski definition) is 2. The van der Waals surface area contributed by atoms with E-state index in [2.05, 4.69) is 10.4 Å². The van der Waals surface area contributed by atoms with E-state index < -0.39 is 0 Å². The molecule has 0 unspecified atom stereocenters. The average Bonchev–Trinajstić information content (AvgIpc) is 2.70. The predicted octanol–water partition coefficient (Wildman–Crippen LogP) is 2.91. The summed E-state index contributed by atoms with van der Waals surface area (Å²) in [5, 5.41) is 7.69. The van der Waals surface area contributed by atoms with E-state index in [-0.39, 0.29) is 5.91 Å². The second kappa shape index (κ2) is 5.35. The lowest BCUT2D eigenvalue weighted by atomic mass is 9.49. The number of aryl methyl sites for hydroxylation is 2. The van der Waals surface area contributed by atoms with Gasteiger partial charge in [-0.2, -0.15) is 5.10 Å². The molecule has 4 saturated carbocycles. The van der Waals surface area contributed by atoms with Gasteiger partial charge in [-0.25, -0.2) is 0 Å². The Hall–Kier alpha value is -1.32. The summed E-state index contributed by atoms with van der Waals surface area (Å²) in [6.07, 6.45) is 8.90. The molecule has 4 fully saturated rings. The molecule has 0 atom stereocenters. The monoisotopic (exact) mass is 315 g/mol. The van der Waals surface area contributed by atoms with Crippen LogP contribution in [0.5, 0.6) is 0 Å². The topological polar surface area (TPSA) is 46.9 Å². The van der Waals surface area contributed by atoms with Crippen LogP contribution in [-0.2, 0) is 18.3 Å². The van der Waals surface area contributed by atoms with Crippen LogP contribution in [0.25, 0.3) is 0 Å². The van der Waals surface area contributed by atoms with Crippen molar-refractivity contribution in [1.29, 1.82) is 0 Å². The first-order valence-corrected chi connectivity index (χ1v) is 9.20. The molecule has 5 rings (SSSR count). The van der Waals surface area contributed by atoms with Crippen LogP contribution in [0, 0.1) is 37.0 Å². The Labute approximate surface area is 139 Å². The van der Waals surface area contributed by atoms with E-state index in [0.29, 0.717) is 11.8 Å². The second-order valence-electron chi connectivity index (χ2n) is 8.64. The molecule has 4 nitrogen and oxygen atoms in total. The molecule has 0 spiro atoms. The third-order valence-corrected chi connectivity index (χ3v) is 6.82. The average molecular weight is 315 g/mol. The summed E-state index contributed by atoms with van der Waals surface area (Å²) in [4.78, 5) is 12.5. The summed E-state index contributed by atoms with van der Waals surface area (Å²) in [7, 11) is 1.94. The van der Waals surface area contributed by atoms with Crippen LogP contribution in [0.15, 0.2) is 0 Å². The zero-order valence-electron chi connectivity index (χ0n) is 14.7. The standard InChI is InChI=1S/C19H29N3O/c1-12-17(13(2)22(3)21-12)7-18(23)20-11-19-8-14-4-15(9-19)6-16(5-14)10-19/h14-16H,4-11H2,1-3H3,(H,20,23). The second-order valence-corrected chi connectivity index (χ2v) is 8.64. The van der Waals surface area contributed by atoms with E-state index in [1.807, 2.05) is 25.6 Å². The van der Waals surface area contributed by atoms with Gasteiger partial charge >= 0.3 is 0 Å². The predicted molar refractivity (Wildman–Crippen MR) is 90.0 cm³/mol. The normalized spacial score (nSPS) is 34.8. The molecule has 1 heterocycles. The Kier molecular flexibility index (Phi) is 3.54. The first kappa shape index (κ1) is 15.2. The highest BCUT2D eigenvalue weighted by Gasteiger charge is 2.50. The quantitative estimate of drug-likeness (QED) is 0.928. The van der Waals surface area contributed by atoms with Crippen molar-refractivity contribution in [2.24, 2.45) is 30.2 Å². The Morgan fingerprint density at radius 1 is 1.17 bits per heavy atom. The highest BCUT2D eigenvalue weighted by molar-refractivity contribution is 5.79. The SMILES string of the molecule is Cc1nn(C)c(C)c1CC(=O)NCC12CC3CC(CC(C3)C1)C2. The van der Waals surface area contributed by atoms with Gasteiger partial charge < -0.3 is 5.32 Å².